The molecule has 5 rings (SSSR count). The van der Waals surface area contributed by atoms with E-state index in [9.17, 15) is 18.0 Å². The van der Waals surface area contributed by atoms with Crippen molar-refractivity contribution in [2.24, 2.45) is 0 Å². The van der Waals surface area contributed by atoms with Crippen molar-refractivity contribution in [3.05, 3.63) is 128 Å². The Balaban J connectivity index is 1.61. The number of rotatable bonds is 12. The van der Waals surface area contributed by atoms with Crippen molar-refractivity contribution in [2.75, 3.05) is 10.8 Å². The summed E-state index contributed by atoms with van der Waals surface area (Å²) in [6.07, 6.45) is 3.95. The molecule has 1 N–H and O–H groups in total. The molecular weight excluding hydrogens is 689 g/mol. The lowest BCUT2D eigenvalue weighted by Gasteiger charge is -2.35. The van der Waals surface area contributed by atoms with E-state index in [1.165, 1.54) is 17.0 Å². The van der Waals surface area contributed by atoms with Gasteiger partial charge in [-0.05, 0) is 79.8 Å². The van der Waals surface area contributed by atoms with Crippen LogP contribution in [0.3, 0.4) is 0 Å². The van der Waals surface area contributed by atoms with Crippen molar-refractivity contribution in [1.29, 1.82) is 0 Å². The highest BCUT2D eigenvalue weighted by Crippen LogP contribution is 2.32. The van der Waals surface area contributed by atoms with Crippen molar-refractivity contribution in [2.45, 2.75) is 69.5 Å². The number of sulfonamides is 1. The average Bonchev–Trinajstić information content (AvgIpc) is 3.57. The largest absolute Gasteiger partial charge is 0.352 e. The number of hydrogen-bond donors (Lipinski definition) is 1. The maximum absolute atomic E-state index is 14.7. The van der Waals surface area contributed by atoms with Gasteiger partial charge in [0.25, 0.3) is 10.0 Å². The molecule has 0 heterocycles. The number of amides is 2. The number of carbonyl (C=O) groups excluding carboxylic acids is 2. The van der Waals surface area contributed by atoms with E-state index < -0.39 is 28.5 Å². The molecule has 0 aromatic heterocycles. The third kappa shape index (κ3) is 8.53. The minimum Gasteiger partial charge on any atom is -0.352 e. The zero-order chi connectivity index (χ0) is 34.4. The fraction of sp³-hybridized carbons (Fsp3) is 0.297. The predicted molar refractivity (Wildman–Crippen MR) is 193 cm³/mol. The monoisotopic (exact) mass is 725 g/mol. The van der Waals surface area contributed by atoms with Gasteiger partial charge in [-0.2, -0.15) is 0 Å². The number of benzene rings is 4. The van der Waals surface area contributed by atoms with Crippen LogP contribution in [0.4, 0.5) is 5.69 Å². The maximum atomic E-state index is 14.7. The fourth-order valence-corrected chi connectivity index (χ4v) is 8.08. The SMILES string of the molecule is Cc1ccc(S(=O)(=O)N(CC(=O)N(Cc2ccc(Cl)cc2Cl)[C@@H](Cc2ccccc2)C(=O)NC2CCCC2)c2cccc(Cl)c2C)cc1. The average molecular weight is 727 g/mol. The minimum atomic E-state index is -4.27. The number of nitrogens with one attached hydrogen (secondary N) is 1. The molecule has 252 valence electrons. The molecule has 0 unspecified atom stereocenters. The maximum Gasteiger partial charge on any atom is 0.264 e. The summed E-state index contributed by atoms with van der Waals surface area (Å²) in [5, 5.41) is 4.27. The molecule has 0 aliphatic heterocycles. The van der Waals surface area contributed by atoms with E-state index in [0.29, 0.717) is 26.2 Å². The second kappa shape index (κ2) is 15.8. The van der Waals surface area contributed by atoms with E-state index in [0.717, 1.165) is 41.1 Å². The minimum absolute atomic E-state index is 0.000584. The van der Waals surface area contributed by atoms with Crippen LogP contribution in [-0.2, 0) is 32.6 Å². The smallest absolute Gasteiger partial charge is 0.264 e. The van der Waals surface area contributed by atoms with Gasteiger partial charge in [-0.3, -0.25) is 13.9 Å². The summed E-state index contributed by atoms with van der Waals surface area (Å²) in [4.78, 5) is 30.4. The molecule has 1 atom stereocenters. The van der Waals surface area contributed by atoms with Crippen LogP contribution in [0.1, 0.15) is 47.9 Å². The normalized spacial score (nSPS) is 14.0. The van der Waals surface area contributed by atoms with Crippen LogP contribution in [0, 0.1) is 13.8 Å². The Kier molecular flexibility index (Phi) is 11.7. The van der Waals surface area contributed by atoms with Crippen LogP contribution < -0.4 is 9.62 Å². The van der Waals surface area contributed by atoms with Gasteiger partial charge in [-0.25, -0.2) is 8.42 Å². The van der Waals surface area contributed by atoms with Crippen LogP contribution in [0.5, 0.6) is 0 Å². The first-order chi connectivity index (χ1) is 22.9. The van der Waals surface area contributed by atoms with Crippen LogP contribution in [0.15, 0.2) is 95.9 Å². The van der Waals surface area contributed by atoms with Gasteiger partial charge >= 0.3 is 0 Å². The van der Waals surface area contributed by atoms with Gasteiger partial charge in [-0.1, -0.05) is 108 Å². The summed E-state index contributed by atoms with van der Waals surface area (Å²) in [6.45, 7) is 2.92. The van der Waals surface area contributed by atoms with Gasteiger partial charge in [-0.15, -0.1) is 0 Å². The van der Waals surface area contributed by atoms with Gasteiger partial charge < -0.3 is 10.2 Å². The predicted octanol–water partition coefficient (Wildman–Crippen LogP) is 8.16. The molecule has 4 aromatic carbocycles. The van der Waals surface area contributed by atoms with Crippen LogP contribution in [0.25, 0.3) is 0 Å². The van der Waals surface area contributed by atoms with Crippen molar-refractivity contribution >= 4 is 62.3 Å². The number of hydrogen-bond acceptors (Lipinski definition) is 4. The lowest BCUT2D eigenvalue weighted by molar-refractivity contribution is -0.140. The highest BCUT2D eigenvalue weighted by molar-refractivity contribution is 7.92. The van der Waals surface area contributed by atoms with Crippen LogP contribution in [-0.4, -0.2) is 43.8 Å². The van der Waals surface area contributed by atoms with Gasteiger partial charge in [0.2, 0.25) is 11.8 Å². The summed E-state index contributed by atoms with van der Waals surface area (Å²) in [6, 6.07) is 24.8. The van der Waals surface area contributed by atoms with Crippen LogP contribution in [0.2, 0.25) is 15.1 Å². The number of halogens is 3. The molecule has 48 heavy (non-hydrogen) atoms. The molecule has 1 fully saturated rings. The van der Waals surface area contributed by atoms with Crippen LogP contribution >= 0.6 is 34.8 Å². The van der Waals surface area contributed by atoms with Crippen molar-refractivity contribution in [3.8, 4) is 0 Å². The topological polar surface area (TPSA) is 86.8 Å². The highest BCUT2D eigenvalue weighted by atomic mass is 35.5. The zero-order valence-electron chi connectivity index (χ0n) is 26.8. The van der Waals surface area contributed by atoms with E-state index in [1.807, 2.05) is 37.3 Å². The molecule has 4 aromatic rings. The second-order valence-electron chi connectivity index (χ2n) is 12.2. The first-order valence-corrected chi connectivity index (χ1v) is 18.4. The molecule has 11 heteroatoms. The molecule has 0 radical (unpaired) electrons. The van der Waals surface area contributed by atoms with E-state index in [1.54, 1.807) is 55.5 Å². The van der Waals surface area contributed by atoms with Gasteiger partial charge in [0, 0.05) is 34.1 Å². The molecule has 7 nitrogen and oxygen atoms in total. The number of nitrogens with zero attached hydrogens (tertiary/aromatic N) is 2. The zero-order valence-corrected chi connectivity index (χ0v) is 29.9. The molecule has 1 aliphatic carbocycles. The molecule has 0 saturated heterocycles. The summed E-state index contributed by atoms with van der Waals surface area (Å²) in [7, 11) is -4.27. The number of aryl methyl sites for hydroxylation is 1. The van der Waals surface area contributed by atoms with Gasteiger partial charge in [0.15, 0.2) is 0 Å². The Bertz CT molecular complexity index is 1860. The highest BCUT2D eigenvalue weighted by Gasteiger charge is 2.36. The molecule has 2 amide bonds. The second-order valence-corrected chi connectivity index (χ2v) is 15.3. The van der Waals surface area contributed by atoms with Gasteiger partial charge in [0.05, 0.1) is 10.6 Å². The number of carbonyl (C=O) groups is 2. The van der Waals surface area contributed by atoms with Crippen molar-refractivity contribution < 1.29 is 18.0 Å². The van der Waals surface area contributed by atoms with E-state index >= 15 is 0 Å². The third-order valence-electron chi connectivity index (χ3n) is 8.72. The Labute approximate surface area is 297 Å². The molecule has 0 bridgehead atoms. The molecule has 1 saturated carbocycles. The Morgan fingerprint density at radius 2 is 1.54 bits per heavy atom. The third-order valence-corrected chi connectivity index (χ3v) is 11.5. The van der Waals surface area contributed by atoms with Gasteiger partial charge in [0.1, 0.15) is 12.6 Å². The molecule has 0 spiro atoms. The molecule has 1 aliphatic rings. The first kappa shape index (κ1) is 35.7. The summed E-state index contributed by atoms with van der Waals surface area (Å²) in [5.74, 6) is -0.894. The first-order valence-electron chi connectivity index (χ1n) is 15.9. The standard InChI is InChI=1S/C37H38Cl3N3O4S/c1-25-15-19-31(20-16-25)48(46,47)43(34-14-8-13-32(39)26(34)2)24-36(44)42(23-28-17-18-29(38)22-33(28)40)35(21-27-9-4-3-5-10-27)37(45)41-30-11-6-7-12-30/h3-5,8-10,13-20,22,30,35H,6-7,11-12,21,23-24H2,1-2H3,(H,41,45)/t35-/m0/s1. The summed E-state index contributed by atoms with van der Waals surface area (Å²) in [5.41, 5.74) is 3.05. The lowest BCUT2D eigenvalue weighted by atomic mass is 10.0. The Morgan fingerprint density at radius 1 is 0.854 bits per heavy atom. The molecular formula is C37H38Cl3N3O4S. The van der Waals surface area contributed by atoms with Crippen molar-refractivity contribution in [3.63, 3.8) is 0 Å². The quantitative estimate of drug-likeness (QED) is 0.160. The van der Waals surface area contributed by atoms with E-state index in [4.69, 9.17) is 34.8 Å². The summed E-state index contributed by atoms with van der Waals surface area (Å²) >= 11 is 19.3. The summed E-state index contributed by atoms with van der Waals surface area (Å²) < 4.78 is 29.8. The lowest BCUT2D eigenvalue weighted by Crippen LogP contribution is -2.54. The Hall–Kier alpha value is -3.56. The van der Waals surface area contributed by atoms with E-state index in [-0.39, 0.29) is 35.5 Å². The Morgan fingerprint density at radius 3 is 2.21 bits per heavy atom. The van der Waals surface area contributed by atoms with E-state index in [2.05, 4.69) is 5.32 Å². The fourth-order valence-electron chi connectivity index (χ4n) is 5.97. The van der Waals surface area contributed by atoms with Crippen molar-refractivity contribution in [1.82, 2.24) is 10.2 Å². The number of anilines is 1.